The number of rotatable bonds is 2. The maximum atomic E-state index is 12.8. The molecule has 26 heavy (non-hydrogen) atoms. The molecular formula is C21H13N3OS. The zero-order valence-electron chi connectivity index (χ0n) is 13.6. The van der Waals surface area contributed by atoms with Crippen LogP contribution in [0.25, 0.3) is 43.5 Å². The average molecular weight is 355 g/mol. The first-order chi connectivity index (χ1) is 12.8. The number of H-pyrrole nitrogens is 1. The van der Waals surface area contributed by atoms with E-state index in [2.05, 4.69) is 45.3 Å². The Balaban J connectivity index is 1.71. The summed E-state index contributed by atoms with van der Waals surface area (Å²) < 4.78 is 0. The van der Waals surface area contributed by atoms with Gasteiger partial charge in [-0.1, -0.05) is 36.4 Å². The van der Waals surface area contributed by atoms with Gasteiger partial charge >= 0.3 is 0 Å². The normalized spacial score (nSPS) is 11.2. The van der Waals surface area contributed by atoms with Crippen molar-refractivity contribution in [3.05, 3.63) is 82.7 Å². The van der Waals surface area contributed by atoms with Crippen molar-refractivity contribution < 1.29 is 0 Å². The van der Waals surface area contributed by atoms with Gasteiger partial charge in [-0.3, -0.25) is 9.78 Å². The molecule has 5 aromatic rings. The van der Waals surface area contributed by atoms with Crippen molar-refractivity contribution in [2.75, 3.05) is 0 Å². The lowest BCUT2D eigenvalue weighted by molar-refractivity contribution is 1.18. The van der Waals surface area contributed by atoms with Crippen molar-refractivity contribution in [3.63, 3.8) is 0 Å². The van der Waals surface area contributed by atoms with Gasteiger partial charge in [0, 0.05) is 28.9 Å². The molecule has 0 saturated heterocycles. The van der Waals surface area contributed by atoms with E-state index in [-0.39, 0.29) is 5.56 Å². The fourth-order valence-electron chi connectivity index (χ4n) is 3.16. The lowest BCUT2D eigenvalue weighted by Crippen LogP contribution is -2.09. The van der Waals surface area contributed by atoms with Crippen molar-refractivity contribution in [1.29, 1.82) is 0 Å². The third-order valence-electron chi connectivity index (χ3n) is 4.46. The van der Waals surface area contributed by atoms with Gasteiger partial charge in [0.25, 0.3) is 5.56 Å². The Morgan fingerprint density at radius 2 is 1.69 bits per heavy atom. The number of nitrogens with zero attached hydrogens (tertiary/aromatic N) is 2. The molecule has 5 heteroatoms. The van der Waals surface area contributed by atoms with E-state index in [9.17, 15) is 4.79 Å². The molecule has 0 aliphatic rings. The SMILES string of the molecule is O=c1[nH]c(-c2ccncc2)nc2scc(-c3ccc4ccccc4c3)c12. The molecule has 0 atom stereocenters. The molecule has 0 radical (unpaired) electrons. The van der Waals surface area contributed by atoms with Crippen LogP contribution in [0.1, 0.15) is 0 Å². The number of hydrogen-bond acceptors (Lipinski definition) is 4. The van der Waals surface area contributed by atoms with Gasteiger partial charge in [-0.25, -0.2) is 4.98 Å². The van der Waals surface area contributed by atoms with Crippen LogP contribution in [0, 0.1) is 0 Å². The molecule has 0 fully saturated rings. The largest absolute Gasteiger partial charge is 0.306 e. The van der Waals surface area contributed by atoms with Crippen LogP contribution in [0.5, 0.6) is 0 Å². The summed E-state index contributed by atoms with van der Waals surface area (Å²) in [6.45, 7) is 0. The summed E-state index contributed by atoms with van der Waals surface area (Å²) in [5.74, 6) is 0.566. The van der Waals surface area contributed by atoms with Crippen LogP contribution in [0.15, 0.2) is 77.2 Å². The Morgan fingerprint density at radius 1 is 0.885 bits per heavy atom. The fourth-order valence-corrected chi connectivity index (χ4v) is 4.11. The molecule has 0 aliphatic carbocycles. The first-order valence-corrected chi connectivity index (χ1v) is 9.09. The molecule has 5 rings (SSSR count). The smallest absolute Gasteiger partial charge is 0.260 e. The molecule has 124 valence electrons. The third kappa shape index (κ3) is 2.41. The maximum Gasteiger partial charge on any atom is 0.260 e. The molecule has 2 aromatic carbocycles. The van der Waals surface area contributed by atoms with Crippen LogP contribution in [0.3, 0.4) is 0 Å². The maximum absolute atomic E-state index is 12.8. The Hall–Kier alpha value is -3.31. The number of aromatic amines is 1. The first kappa shape index (κ1) is 15.0. The molecule has 1 N–H and O–H groups in total. The van der Waals surface area contributed by atoms with Crippen molar-refractivity contribution in [2.45, 2.75) is 0 Å². The highest BCUT2D eigenvalue weighted by molar-refractivity contribution is 7.17. The average Bonchev–Trinajstić information content (AvgIpc) is 3.13. The van der Waals surface area contributed by atoms with Crippen molar-refractivity contribution in [2.24, 2.45) is 0 Å². The van der Waals surface area contributed by atoms with E-state index in [1.54, 1.807) is 12.4 Å². The van der Waals surface area contributed by atoms with Gasteiger partial charge in [-0.15, -0.1) is 11.3 Å². The van der Waals surface area contributed by atoms with Crippen LogP contribution in [0.2, 0.25) is 0 Å². The lowest BCUT2D eigenvalue weighted by Gasteiger charge is -2.04. The molecule has 0 spiro atoms. The third-order valence-corrected chi connectivity index (χ3v) is 5.33. The topological polar surface area (TPSA) is 58.6 Å². The Bertz CT molecular complexity index is 1310. The molecule has 3 heterocycles. The second-order valence-corrected chi connectivity index (χ2v) is 6.90. The van der Waals surface area contributed by atoms with Gasteiger partial charge in [0.1, 0.15) is 10.7 Å². The Morgan fingerprint density at radius 3 is 2.54 bits per heavy atom. The summed E-state index contributed by atoms with van der Waals surface area (Å²) in [7, 11) is 0. The van der Waals surface area contributed by atoms with E-state index in [0.29, 0.717) is 11.2 Å². The summed E-state index contributed by atoms with van der Waals surface area (Å²) in [5, 5.41) is 4.99. The molecule has 0 bridgehead atoms. The molecular weight excluding hydrogens is 342 g/mol. The van der Waals surface area contributed by atoms with E-state index in [1.165, 1.54) is 16.7 Å². The van der Waals surface area contributed by atoms with Gasteiger partial charge in [-0.2, -0.15) is 0 Å². The van der Waals surface area contributed by atoms with Crippen molar-refractivity contribution in [3.8, 4) is 22.5 Å². The highest BCUT2D eigenvalue weighted by Gasteiger charge is 2.14. The fraction of sp³-hybridized carbons (Fsp3) is 0. The van der Waals surface area contributed by atoms with Gasteiger partial charge in [0.15, 0.2) is 0 Å². The number of thiophene rings is 1. The minimum Gasteiger partial charge on any atom is -0.306 e. The predicted molar refractivity (Wildman–Crippen MR) is 106 cm³/mol. The number of nitrogens with one attached hydrogen (secondary N) is 1. The van der Waals surface area contributed by atoms with E-state index in [0.717, 1.165) is 26.9 Å². The summed E-state index contributed by atoms with van der Waals surface area (Å²) in [6, 6.07) is 18.1. The molecule has 0 saturated carbocycles. The zero-order chi connectivity index (χ0) is 17.5. The van der Waals surface area contributed by atoms with E-state index < -0.39 is 0 Å². The first-order valence-electron chi connectivity index (χ1n) is 8.21. The Kier molecular flexibility index (Phi) is 3.40. The van der Waals surface area contributed by atoms with Crippen molar-refractivity contribution >= 4 is 32.3 Å². The van der Waals surface area contributed by atoms with Crippen LogP contribution >= 0.6 is 11.3 Å². The van der Waals surface area contributed by atoms with E-state index in [4.69, 9.17) is 0 Å². The van der Waals surface area contributed by atoms with Crippen LogP contribution in [0.4, 0.5) is 0 Å². The van der Waals surface area contributed by atoms with Gasteiger partial charge < -0.3 is 4.98 Å². The number of benzene rings is 2. The summed E-state index contributed by atoms with van der Waals surface area (Å²) in [6.07, 6.45) is 3.38. The summed E-state index contributed by atoms with van der Waals surface area (Å²) in [5.41, 5.74) is 2.68. The van der Waals surface area contributed by atoms with Crippen molar-refractivity contribution in [1.82, 2.24) is 15.0 Å². The standard InChI is InChI=1S/C21H13N3OS/c25-20-18-17(16-6-5-13-3-1-2-4-15(13)11-16)12-26-21(18)24-19(23-20)14-7-9-22-10-8-14/h1-12H,(H,23,24,25). The van der Waals surface area contributed by atoms with E-state index >= 15 is 0 Å². The molecule has 4 nitrogen and oxygen atoms in total. The second kappa shape index (κ2) is 5.89. The lowest BCUT2D eigenvalue weighted by atomic mass is 10.0. The number of aromatic nitrogens is 3. The number of pyridine rings is 1. The van der Waals surface area contributed by atoms with Gasteiger partial charge in [0.2, 0.25) is 0 Å². The Labute approximate surface area is 152 Å². The second-order valence-electron chi connectivity index (χ2n) is 6.04. The van der Waals surface area contributed by atoms with Crippen LogP contribution in [-0.2, 0) is 0 Å². The summed E-state index contributed by atoms with van der Waals surface area (Å²) in [4.78, 5) is 25.1. The minimum absolute atomic E-state index is 0.119. The van der Waals surface area contributed by atoms with Gasteiger partial charge in [0.05, 0.1) is 5.39 Å². The molecule has 3 aromatic heterocycles. The van der Waals surface area contributed by atoms with Gasteiger partial charge in [-0.05, 0) is 34.5 Å². The number of fused-ring (bicyclic) bond motifs is 2. The van der Waals surface area contributed by atoms with Crippen LogP contribution in [-0.4, -0.2) is 15.0 Å². The summed E-state index contributed by atoms with van der Waals surface area (Å²) >= 11 is 1.49. The van der Waals surface area contributed by atoms with Crippen LogP contribution < -0.4 is 5.56 Å². The highest BCUT2D eigenvalue weighted by atomic mass is 32.1. The minimum atomic E-state index is -0.119. The molecule has 0 amide bonds. The predicted octanol–water partition coefficient (Wildman–Crippen LogP) is 4.87. The number of hydrogen-bond donors (Lipinski definition) is 1. The monoisotopic (exact) mass is 355 g/mol. The van der Waals surface area contributed by atoms with E-state index in [1.807, 2.05) is 29.6 Å². The molecule has 0 aliphatic heterocycles. The molecule has 0 unspecified atom stereocenters. The zero-order valence-corrected chi connectivity index (χ0v) is 14.5. The highest BCUT2D eigenvalue weighted by Crippen LogP contribution is 2.33. The quantitative estimate of drug-likeness (QED) is 0.492.